The summed E-state index contributed by atoms with van der Waals surface area (Å²) in [5, 5.41) is 3.99. The molecular weight excluding hydrogens is 224 g/mol. The number of aryl methyl sites for hydroxylation is 1. The van der Waals surface area contributed by atoms with Crippen molar-refractivity contribution in [3.63, 3.8) is 0 Å². The molecular formula is C12H17ClN2O. The Morgan fingerprint density at radius 1 is 1.56 bits per heavy atom. The fourth-order valence-electron chi connectivity index (χ4n) is 1.93. The first kappa shape index (κ1) is 11.8. The topological polar surface area (TPSA) is 34.2 Å². The van der Waals surface area contributed by atoms with Gasteiger partial charge in [0.1, 0.15) is 10.9 Å². The molecule has 0 aromatic carbocycles. The van der Waals surface area contributed by atoms with Crippen molar-refractivity contribution in [2.75, 3.05) is 6.61 Å². The first-order valence-corrected chi connectivity index (χ1v) is 5.95. The number of hydrogen-bond acceptors (Lipinski definition) is 3. The van der Waals surface area contributed by atoms with Gasteiger partial charge in [0, 0.05) is 12.2 Å². The predicted octanol–water partition coefficient (Wildman–Crippen LogP) is 2.39. The van der Waals surface area contributed by atoms with Crippen LogP contribution in [0.3, 0.4) is 0 Å². The number of nitrogens with zero attached hydrogens (tertiary/aromatic N) is 1. The molecule has 1 unspecified atom stereocenters. The van der Waals surface area contributed by atoms with Gasteiger partial charge in [0.05, 0.1) is 6.61 Å². The second-order valence-corrected chi connectivity index (χ2v) is 5.08. The summed E-state index contributed by atoms with van der Waals surface area (Å²) in [5.74, 6) is 0. The number of rotatable bonds is 3. The molecule has 0 amide bonds. The Balaban J connectivity index is 1.82. The van der Waals surface area contributed by atoms with Gasteiger partial charge < -0.3 is 4.74 Å². The van der Waals surface area contributed by atoms with Gasteiger partial charge in [0.25, 0.3) is 0 Å². The zero-order valence-electron chi connectivity index (χ0n) is 9.66. The standard InChI is InChI=1S/C12H17ClN2O/c1-12(2)15-10(8-16-12)5-3-9-4-6-11(13)14-7-9/h4,6-7,10,15H,3,5,8H2,1-2H3. The van der Waals surface area contributed by atoms with Crippen molar-refractivity contribution in [1.29, 1.82) is 0 Å². The fraction of sp³-hybridized carbons (Fsp3) is 0.583. The summed E-state index contributed by atoms with van der Waals surface area (Å²) in [6.45, 7) is 4.89. The first-order valence-electron chi connectivity index (χ1n) is 5.57. The van der Waals surface area contributed by atoms with E-state index in [9.17, 15) is 0 Å². The molecule has 2 rings (SSSR count). The number of hydrogen-bond donors (Lipinski definition) is 1. The summed E-state index contributed by atoms with van der Waals surface area (Å²) in [5.41, 5.74) is 1.04. The van der Waals surface area contributed by atoms with Gasteiger partial charge >= 0.3 is 0 Å². The average Bonchev–Trinajstić information content (AvgIpc) is 2.58. The highest BCUT2D eigenvalue weighted by atomic mass is 35.5. The molecule has 1 atom stereocenters. The quantitative estimate of drug-likeness (QED) is 0.824. The van der Waals surface area contributed by atoms with Crippen LogP contribution < -0.4 is 5.32 Å². The van der Waals surface area contributed by atoms with Crippen molar-refractivity contribution >= 4 is 11.6 Å². The van der Waals surface area contributed by atoms with E-state index in [0.717, 1.165) is 19.4 Å². The van der Waals surface area contributed by atoms with Gasteiger partial charge in [-0.05, 0) is 38.3 Å². The van der Waals surface area contributed by atoms with Crippen LogP contribution in [-0.2, 0) is 11.2 Å². The lowest BCUT2D eigenvalue weighted by Gasteiger charge is -2.18. The van der Waals surface area contributed by atoms with Gasteiger partial charge in [0.2, 0.25) is 0 Å². The molecule has 1 N–H and O–H groups in total. The highest BCUT2D eigenvalue weighted by molar-refractivity contribution is 6.29. The number of nitrogens with one attached hydrogen (secondary N) is 1. The van der Waals surface area contributed by atoms with Crippen molar-refractivity contribution < 1.29 is 4.74 Å². The Morgan fingerprint density at radius 3 is 2.94 bits per heavy atom. The molecule has 1 aromatic heterocycles. The largest absolute Gasteiger partial charge is 0.360 e. The fourth-order valence-corrected chi connectivity index (χ4v) is 2.05. The highest BCUT2D eigenvalue weighted by Gasteiger charge is 2.30. The monoisotopic (exact) mass is 240 g/mol. The molecule has 1 aliphatic rings. The van der Waals surface area contributed by atoms with Gasteiger partial charge in [-0.15, -0.1) is 0 Å². The van der Waals surface area contributed by atoms with Gasteiger partial charge in [-0.2, -0.15) is 0 Å². The summed E-state index contributed by atoms with van der Waals surface area (Å²) < 4.78 is 5.61. The van der Waals surface area contributed by atoms with Crippen molar-refractivity contribution in [2.45, 2.75) is 38.5 Å². The van der Waals surface area contributed by atoms with Crippen LogP contribution in [0, 0.1) is 0 Å². The third-order valence-electron chi connectivity index (χ3n) is 2.77. The van der Waals surface area contributed by atoms with E-state index < -0.39 is 0 Å². The number of pyridine rings is 1. The molecule has 1 aliphatic heterocycles. The van der Waals surface area contributed by atoms with Crippen LogP contribution in [0.5, 0.6) is 0 Å². The van der Waals surface area contributed by atoms with Gasteiger partial charge in [-0.3, -0.25) is 5.32 Å². The summed E-state index contributed by atoms with van der Waals surface area (Å²) >= 11 is 5.73. The van der Waals surface area contributed by atoms with Crippen molar-refractivity contribution in [3.8, 4) is 0 Å². The summed E-state index contributed by atoms with van der Waals surface area (Å²) in [7, 11) is 0. The second kappa shape index (κ2) is 4.70. The van der Waals surface area contributed by atoms with Crippen molar-refractivity contribution in [2.24, 2.45) is 0 Å². The predicted molar refractivity (Wildman–Crippen MR) is 64.5 cm³/mol. The van der Waals surface area contributed by atoms with E-state index in [2.05, 4.69) is 24.1 Å². The molecule has 0 radical (unpaired) electrons. The molecule has 88 valence electrons. The minimum atomic E-state index is -0.178. The number of halogens is 1. The van der Waals surface area contributed by atoms with E-state index in [1.165, 1.54) is 5.56 Å². The Bertz CT molecular complexity index is 351. The van der Waals surface area contributed by atoms with E-state index in [1.54, 1.807) is 0 Å². The molecule has 0 saturated carbocycles. The van der Waals surface area contributed by atoms with Gasteiger partial charge in [-0.25, -0.2) is 4.98 Å². The highest BCUT2D eigenvalue weighted by Crippen LogP contribution is 2.17. The van der Waals surface area contributed by atoms with Gasteiger partial charge in [0.15, 0.2) is 0 Å². The minimum absolute atomic E-state index is 0.178. The van der Waals surface area contributed by atoms with Crippen LogP contribution >= 0.6 is 11.6 Å². The molecule has 2 heterocycles. The third kappa shape index (κ3) is 3.17. The van der Waals surface area contributed by atoms with Crippen LogP contribution in [-0.4, -0.2) is 23.4 Å². The maximum absolute atomic E-state index is 5.73. The van der Waals surface area contributed by atoms with Crippen molar-refractivity contribution in [3.05, 3.63) is 29.0 Å². The molecule has 0 aliphatic carbocycles. The first-order chi connectivity index (χ1) is 7.55. The average molecular weight is 241 g/mol. The van der Waals surface area contributed by atoms with Crippen LogP contribution in [0.1, 0.15) is 25.8 Å². The Labute approximate surface area is 101 Å². The van der Waals surface area contributed by atoms with E-state index in [-0.39, 0.29) is 5.72 Å². The maximum atomic E-state index is 5.73. The Hall–Kier alpha value is -0.640. The second-order valence-electron chi connectivity index (χ2n) is 4.69. The van der Waals surface area contributed by atoms with Crippen LogP contribution in [0.2, 0.25) is 5.15 Å². The summed E-state index contributed by atoms with van der Waals surface area (Å²) in [6.07, 6.45) is 3.90. The lowest BCUT2D eigenvalue weighted by molar-refractivity contribution is 0.0231. The normalized spacial score (nSPS) is 23.6. The SMILES string of the molecule is CC1(C)NC(CCc2ccc(Cl)nc2)CO1. The Morgan fingerprint density at radius 2 is 2.38 bits per heavy atom. The molecule has 1 fully saturated rings. The third-order valence-corrected chi connectivity index (χ3v) is 2.99. The molecule has 0 bridgehead atoms. The zero-order chi connectivity index (χ0) is 11.6. The van der Waals surface area contributed by atoms with Crippen molar-refractivity contribution in [1.82, 2.24) is 10.3 Å². The minimum Gasteiger partial charge on any atom is -0.360 e. The van der Waals surface area contributed by atoms with E-state index in [0.29, 0.717) is 11.2 Å². The lowest BCUT2D eigenvalue weighted by atomic mass is 10.1. The van der Waals surface area contributed by atoms with E-state index >= 15 is 0 Å². The number of ether oxygens (including phenoxy) is 1. The lowest BCUT2D eigenvalue weighted by Crippen LogP contribution is -2.38. The summed E-state index contributed by atoms with van der Waals surface area (Å²) in [4.78, 5) is 4.07. The van der Waals surface area contributed by atoms with E-state index in [1.807, 2.05) is 18.3 Å². The van der Waals surface area contributed by atoms with Gasteiger partial charge in [-0.1, -0.05) is 17.7 Å². The maximum Gasteiger partial charge on any atom is 0.129 e. The van der Waals surface area contributed by atoms with Crippen LogP contribution in [0.25, 0.3) is 0 Å². The van der Waals surface area contributed by atoms with Crippen LogP contribution in [0.15, 0.2) is 18.3 Å². The van der Waals surface area contributed by atoms with Crippen LogP contribution in [0.4, 0.5) is 0 Å². The molecule has 1 aromatic rings. The molecule has 1 saturated heterocycles. The smallest absolute Gasteiger partial charge is 0.129 e. The summed E-state index contributed by atoms with van der Waals surface area (Å²) in [6, 6.07) is 4.29. The van der Waals surface area contributed by atoms with E-state index in [4.69, 9.17) is 16.3 Å². The molecule has 16 heavy (non-hydrogen) atoms. The molecule has 0 spiro atoms. The molecule has 3 nitrogen and oxygen atoms in total. The zero-order valence-corrected chi connectivity index (χ0v) is 10.4. The number of aromatic nitrogens is 1. The molecule has 4 heteroatoms. The Kier molecular flexibility index (Phi) is 3.47.